The number of halogens is 1. The summed E-state index contributed by atoms with van der Waals surface area (Å²) in [5.74, 6) is -0.913. The van der Waals surface area contributed by atoms with Gasteiger partial charge < -0.3 is 10.4 Å². The molecule has 0 aliphatic carbocycles. The van der Waals surface area contributed by atoms with Crippen LogP contribution in [-0.4, -0.2) is 28.6 Å². The predicted molar refractivity (Wildman–Crippen MR) is 72.9 cm³/mol. The number of carboxylic acids is 1. The monoisotopic (exact) mass is 335 g/mol. The van der Waals surface area contributed by atoms with E-state index >= 15 is 0 Å². The number of hydrogen-bond acceptors (Lipinski definition) is 4. The molecule has 0 fully saturated rings. The van der Waals surface area contributed by atoms with E-state index < -0.39 is 5.97 Å². The van der Waals surface area contributed by atoms with Crippen molar-refractivity contribution in [1.29, 1.82) is 0 Å². The molecule has 0 aromatic carbocycles. The van der Waals surface area contributed by atoms with Crippen LogP contribution < -0.4 is 10.6 Å². The Labute approximate surface area is 117 Å². The fraction of sp³-hybridized carbons (Fsp3) is 0.500. The van der Waals surface area contributed by atoms with E-state index in [0.717, 1.165) is 3.79 Å². The lowest BCUT2D eigenvalue weighted by Crippen LogP contribution is -2.33. The van der Waals surface area contributed by atoms with Crippen molar-refractivity contribution in [2.75, 3.05) is 11.9 Å². The molecule has 1 atom stereocenters. The Morgan fingerprint density at radius 2 is 2.33 bits per heavy atom. The third-order valence-electron chi connectivity index (χ3n) is 2.29. The minimum Gasteiger partial charge on any atom is -0.481 e. The van der Waals surface area contributed by atoms with Crippen LogP contribution in [0.1, 0.15) is 19.8 Å². The van der Waals surface area contributed by atoms with E-state index in [4.69, 9.17) is 5.11 Å². The molecule has 0 aliphatic heterocycles. The maximum Gasteiger partial charge on any atom is 0.321 e. The van der Waals surface area contributed by atoms with Gasteiger partial charge in [0, 0.05) is 13.0 Å². The number of nitrogens with zero attached hydrogens (tertiary/aromatic N) is 1. The summed E-state index contributed by atoms with van der Waals surface area (Å²) in [5, 5.41) is 14.4. The molecule has 3 N–H and O–H groups in total. The second-order valence-electron chi connectivity index (χ2n) is 3.68. The van der Waals surface area contributed by atoms with Crippen LogP contribution in [0.5, 0.6) is 0 Å². The molecule has 0 radical (unpaired) electrons. The van der Waals surface area contributed by atoms with Crippen molar-refractivity contribution in [1.82, 2.24) is 10.3 Å². The van der Waals surface area contributed by atoms with Crippen molar-refractivity contribution in [2.24, 2.45) is 5.92 Å². The van der Waals surface area contributed by atoms with Crippen LogP contribution in [0, 0.1) is 5.92 Å². The van der Waals surface area contributed by atoms with Gasteiger partial charge in [0.25, 0.3) is 0 Å². The average Bonchev–Trinajstić information content (AvgIpc) is 2.69. The zero-order valence-corrected chi connectivity index (χ0v) is 12.2. The molecule has 0 saturated heterocycles. The van der Waals surface area contributed by atoms with Crippen LogP contribution in [0.3, 0.4) is 0 Å². The molecule has 0 saturated carbocycles. The van der Waals surface area contributed by atoms with Crippen LogP contribution >= 0.6 is 27.3 Å². The second-order valence-corrected chi connectivity index (χ2v) is 6.09. The van der Waals surface area contributed by atoms with Crippen LogP contribution in [0.15, 0.2) is 9.98 Å². The maximum absolute atomic E-state index is 11.5. The molecule has 0 bridgehead atoms. The van der Waals surface area contributed by atoms with E-state index in [1.807, 2.05) is 6.92 Å². The van der Waals surface area contributed by atoms with Gasteiger partial charge in [0.15, 0.2) is 5.13 Å². The number of urea groups is 1. The number of amides is 2. The summed E-state index contributed by atoms with van der Waals surface area (Å²) in [7, 11) is 0. The highest BCUT2D eigenvalue weighted by Gasteiger charge is 2.13. The van der Waals surface area contributed by atoms with Crippen molar-refractivity contribution < 1.29 is 14.7 Å². The van der Waals surface area contributed by atoms with Crippen molar-refractivity contribution in [3.63, 3.8) is 0 Å². The molecule has 18 heavy (non-hydrogen) atoms. The molecule has 6 nitrogen and oxygen atoms in total. The number of carbonyl (C=O) groups excluding carboxylic acids is 1. The quantitative estimate of drug-likeness (QED) is 0.744. The lowest BCUT2D eigenvalue weighted by atomic mass is 10.0. The minimum atomic E-state index is -0.854. The van der Waals surface area contributed by atoms with E-state index in [1.54, 1.807) is 6.20 Å². The molecular formula is C10H14BrN3O3S. The minimum absolute atomic E-state index is 0.0551. The lowest BCUT2D eigenvalue weighted by molar-refractivity contribution is -0.138. The third-order valence-corrected chi connectivity index (χ3v) is 3.68. The van der Waals surface area contributed by atoms with Crippen LogP contribution in [-0.2, 0) is 4.79 Å². The van der Waals surface area contributed by atoms with E-state index in [-0.39, 0.29) is 18.4 Å². The SMILES string of the molecule is CCC(CNC(=O)Nc1ncc(Br)s1)CC(=O)O. The molecule has 1 aromatic heterocycles. The first kappa shape index (κ1) is 14.9. The highest BCUT2D eigenvalue weighted by Crippen LogP contribution is 2.22. The number of carbonyl (C=O) groups is 2. The van der Waals surface area contributed by atoms with Crippen molar-refractivity contribution in [3.05, 3.63) is 9.98 Å². The highest BCUT2D eigenvalue weighted by atomic mass is 79.9. The van der Waals surface area contributed by atoms with Crippen molar-refractivity contribution >= 4 is 44.4 Å². The predicted octanol–water partition coefficient (Wildman–Crippen LogP) is 2.53. The van der Waals surface area contributed by atoms with E-state index in [1.165, 1.54) is 11.3 Å². The Morgan fingerprint density at radius 3 is 2.83 bits per heavy atom. The van der Waals surface area contributed by atoms with Gasteiger partial charge >= 0.3 is 12.0 Å². The molecular weight excluding hydrogens is 322 g/mol. The third kappa shape index (κ3) is 5.46. The van der Waals surface area contributed by atoms with Gasteiger partial charge in [-0.3, -0.25) is 10.1 Å². The molecule has 1 heterocycles. The highest BCUT2D eigenvalue weighted by molar-refractivity contribution is 9.11. The number of thiazole rings is 1. The van der Waals surface area contributed by atoms with Crippen LogP contribution in [0.2, 0.25) is 0 Å². The summed E-state index contributed by atoms with van der Waals surface area (Å²) in [4.78, 5) is 26.0. The molecule has 0 aliphatic rings. The van der Waals surface area contributed by atoms with E-state index in [0.29, 0.717) is 18.1 Å². The normalized spacial score (nSPS) is 11.9. The molecule has 1 unspecified atom stereocenters. The Bertz CT molecular complexity index is 424. The Kier molecular flexibility index (Phi) is 6.06. The largest absolute Gasteiger partial charge is 0.481 e. The Hall–Kier alpha value is -1.15. The van der Waals surface area contributed by atoms with Crippen molar-refractivity contribution in [3.8, 4) is 0 Å². The molecule has 0 spiro atoms. The topological polar surface area (TPSA) is 91.3 Å². The van der Waals surface area contributed by atoms with Gasteiger partial charge in [-0.1, -0.05) is 24.7 Å². The Morgan fingerprint density at radius 1 is 1.61 bits per heavy atom. The molecule has 100 valence electrons. The fourth-order valence-electron chi connectivity index (χ4n) is 1.30. The van der Waals surface area contributed by atoms with Gasteiger partial charge in [-0.2, -0.15) is 0 Å². The molecule has 8 heteroatoms. The van der Waals surface area contributed by atoms with E-state index in [9.17, 15) is 9.59 Å². The average molecular weight is 336 g/mol. The number of rotatable bonds is 6. The van der Waals surface area contributed by atoms with Gasteiger partial charge in [-0.15, -0.1) is 0 Å². The van der Waals surface area contributed by atoms with Gasteiger partial charge in [0.2, 0.25) is 0 Å². The molecule has 2 amide bonds. The fourth-order valence-corrected chi connectivity index (χ4v) is 2.40. The first-order valence-corrected chi connectivity index (χ1v) is 7.00. The van der Waals surface area contributed by atoms with Gasteiger partial charge in [0.05, 0.1) is 9.98 Å². The number of aromatic nitrogens is 1. The number of hydrogen-bond donors (Lipinski definition) is 3. The maximum atomic E-state index is 11.5. The first-order valence-electron chi connectivity index (χ1n) is 5.39. The first-order chi connectivity index (χ1) is 8.51. The Balaban J connectivity index is 2.33. The lowest BCUT2D eigenvalue weighted by Gasteiger charge is -2.13. The standard InChI is InChI=1S/C10H14BrN3O3S/c1-2-6(3-8(15)16)4-12-9(17)14-10-13-5-7(11)18-10/h5-6H,2-4H2,1H3,(H,15,16)(H2,12,13,14,17). The van der Waals surface area contributed by atoms with Gasteiger partial charge in [-0.25, -0.2) is 9.78 Å². The van der Waals surface area contributed by atoms with Gasteiger partial charge in [0.1, 0.15) is 0 Å². The molecule has 1 aromatic rings. The van der Waals surface area contributed by atoms with Crippen molar-refractivity contribution in [2.45, 2.75) is 19.8 Å². The van der Waals surface area contributed by atoms with E-state index in [2.05, 4.69) is 31.5 Å². The number of aliphatic carboxylic acids is 1. The summed E-state index contributed by atoms with van der Waals surface area (Å²) >= 11 is 4.55. The summed E-state index contributed by atoms with van der Waals surface area (Å²) in [6, 6.07) is -0.374. The summed E-state index contributed by atoms with van der Waals surface area (Å²) < 4.78 is 0.829. The van der Waals surface area contributed by atoms with Crippen LogP contribution in [0.25, 0.3) is 0 Å². The number of anilines is 1. The number of carboxylic acid groups (broad SMARTS) is 1. The number of nitrogens with one attached hydrogen (secondary N) is 2. The zero-order valence-electron chi connectivity index (χ0n) is 9.77. The summed E-state index contributed by atoms with van der Waals surface area (Å²) in [6.45, 7) is 2.23. The van der Waals surface area contributed by atoms with Crippen LogP contribution in [0.4, 0.5) is 9.93 Å². The summed E-state index contributed by atoms with van der Waals surface area (Å²) in [5.41, 5.74) is 0. The second kappa shape index (κ2) is 7.32. The smallest absolute Gasteiger partial charge is 0.321 e. The molecule has 1 rings (SSSR count). The zero-order chi connectivity index (χ0) is 13.5. The summed E-state index contributed by atoms with van der Waals surface area (Å²) in [6.07, 6.45) is 2.36. The van der Waals surface area contributed by atoms with Gasteiger partial charge in [-0.05, 0) is 21.8 Å².